The van der Waals surface area contributed by atoms with Gasteiger partial charge in [-0.15, -0.1) is 0 Å². The third-order valence-electron chi connectivity index (χ3n) is 4.03. The molecule has 0 bridgehead atoms. The van der Waals surface area contributed by atoms with Gasteiger partial charge in [-0.25, -0.2) is 0 Å². The van der Waals surface area contributed by atoms with E-state index in [-0.39, 0.29) is 17.0 Å². The summed E-state index contributed by atoms with van der Waals surface area (Å²) in [7, 11) is 0. The molecular formula is C19H20N3O+. The number of quaternary nitrogens is 1. The zero-order valence-electron chi connectivity index (χ0n) is 13.1. The summed E-state index contributed by atoms with van der Waals surface area (Å²) in [4.78, 5) is 11.5. The monoisotopic (exact) mass is 306 g/mol. The Morgan fingerprint density at radius 2 is 1.57 bits per heavy atom. The molecule has 0 aliphatic carbocycles. The largest absolute Gasteiger partial charge is 0.365 e. The summed E-state index contributed by atoms with van der Waals surface area (Å²) in [5, 5.41) is 4.87. The zero-order valence-corrected chi connectivity index (χ0v) is 13.1. The van der Waals surface area contributed by atoms with Crippen molar-refractivity contribution in [2.75, 3.05) is 13.1 Å². The van der Waals surface area contributed by atoms with Gasteiger partial charge in [-0.3, -0.25) is 4.79 Å². The van der Waals surface area contributed by atoms with Crippen LogP contribution in [-0.2, 0) is 4.79 Å². The molecule has 4 nitrogen and oxygen atoms in total. The fraction of sp³-hybridized carbons (Fsp3) is 0.158. The lowest BCUT2D eigenvalue weighted by Crippen LogP contribution is -2.42. The Morgan fingerprint density at radius 3 is 2.09 bits per heavy atom. The fourth-order valence-electron chi connectivity index (χ4n) is 2.85. The van der Waals surface area contributed by atoms with Crippen LogP contribution in [0.3, 0.4) is 0 Å². The lowest BCUT2D eigenvalue weighted by atomic mass is 9.97. The second kappa shape index (κ2) is 6.18. The minimum atomic E-state index is -0.353. The van der Waals surface area contributed by atoms with E-state index in [9.17, 15) is 4.79 Å². The second-order valence-corrected chi connectivity index (χ2v) is 5.65. The summed E-state index contributed by atoms with van der Waals surface area (Å²) in [5.74, 6) is -0.353. The van der Waals surface area contributed by atoms with Crippen molar-refractivity contribution in [2.24, 2.45) is 10.8 Å². The van der Waals surface area contributed by atoms with Crippen molar-refractivity contribution in [3.63, 3.8) is 0 Å². The smallest absolute Gasteiger partial charge is 0.275 e. The standard InChI is InChI=1S/C19H19N3O/c1-2-22(14-18(20)23)13-17(15-9-5-3-6-10-15)19(21-22)16-11-7-4-8-12-16/h3-13H,2,14H2,1H3,(H-,20,23)/p+1. The predicted octanol–water partition coefficient (Wildman–Crippen LogP) is 2.77. The van der Waals surface area contributed by atoms with Gasteiger partial charge >= 0.3 is 0 Å². The Morgan fingerprint density at radius 1 is 1.00 bits per heavy atom. The quantitative estimate of drug-likeness (QED) is 0.849. The van der Waals surface area contributed by atoms with Gasteiger partial charge in [0.1, 0.15) is 18.5 Å². The van der Waals surface area contributed by atoms with Gasteiger partial charge in [0.15, 0.2) is 6.54 Å². The van der Waals surface area contributed by atoms with Crippen molar-refractivity contribution in [1.82, 2.24) is 0 Å². The number of allylic oxidation sites excluding steroid dienone is 1. The van der Waals surface area contributed by atoms with Crippen molar-refractivity contribution in [2.45, 2.75) is 6.92 Å². The summed E-state index contributed by atoms with van der Waals surface area (Å²) >= 11 is 0. The number of nitrogens with zero attached hydrogens (tertiary/aromatic N) is 2. The average molecular weight is 306 g/mol. The van der Waals surface area contributed by atoms with Crippen LogP contribution in [0.1, 0.15) is 18.1 Å². The molecule has 1 unspecified atom stereocenters. The number of nitrogens with two attached hydrogens (primary N) is 1. The lowest BCUT2D eigenvalue weighted by Gasteiger charge is -2.22. The van der Waals surface area contributed by atoms with Crippen LogP contribution in [0.4, 0.5) is 0 Å². The van der Waals surface area contributed by atoms with E-state index >= 15 is 0 Å². The molecule has 0 saturated heterocycles. The molecule has 116 valence electrons. The highest BCUT2D eigenvalue weighted by Gasteiger charge is 2.36. The molecule has 1 aliphatic heterocycles. The van der Waals surface area contributed by atoms with Crippen LogP contribution in [0, 0.1) is 0 Å². The number of carbonyl (C=O) groups excluding carboxylic acids is 1. The van der Waals surface area contributed by atoms with Crippen LogP contribution in [0.15, 0.2) is 72.0 Å². The van der Waals surface area contributed by atoms with E-state index in [4.69, 9.17) is 10.8 Å². The van der Waals surface area contributed by atoms with E-state index < -0.39 is 0 Å². The minimum absolute atomic E-state index is 0.170. The SMILES string of the molecule is CC[N+]1(CC(N)=O)C=C(c2ccccc2)C(c2ccccc2)=N1. The first-order chi connectivity index (χ1) is 11.1. The zero-order chi connectivity index (χ0) is 16.3. The molecule has 0 fully saturated rings. The van der Waals surface area contributed by atoms with Crippen LogP contribution >= 0.6 is 0 Å². The van der Waals surface area contributed by atoms with Crippen LogP contribution in [0.25, 0.3) is 5.57 Å². The van der Waals surface area contributed by atoms with Crippen LogP contribution in [-0.4, -0.2) is 29.3 Å². The topological polar surface area (TPSA) is 55.5 Å². The third kappa shape index (κ3) is 3.07. The van der Waals surface area contributed by atoms with Crippen molar-refractivity contribution in [1.29, 1.82) is 0 Å². The number of carbonyl (C=O) groups is 1. The molecule has 0 saturated carbocycles. The van der Waals surface area contributed by atoms with Crippen LogP contribution in [0.2, 0.25) is 0 Å². The highest BCUT2D eigenvalue weighted by atomic mass is 16.1. The van der Waals surface area contributed by atoms with E-state index in [1.165, 1.54) is 0 Å². The Labute approximate surface area is 136 Å². The highest BCUT2D eigenvalue weighted by Crippen LogP contribution is 2.31. The molecule has 0 aromatic heterocycles. The van der Waals surface area contributed by atoms with Crippen molar-refractivity contribution < 1.29 is 9.39 Å². The average Bonchev–Trinajstić information content (AvgIpc) is 2.96. The van der Waals surface area contributed by atoms with E-state index in [0.29, 0.717) is 6.54 Å². The van der Waals surface area contributed by atoms with Gasteiger partial charge in [-0.2, -0.15) is 4.59 Å². The second-order valence-electron chi connectivity index (χ2n) is 5.65. The lowest BCUT2D eigenvalue weighted by molar-refractivity contribution is -0.873. The predicted molar refractivity (Wildman–Crippen MR) is 92.3 cm³/mol. The number of primary amides is 1. The summed E-state index contributed by atoms with van der Waals surface area (Å²) in [5.41, 5.74) is 9.53. The Balaban J connectivity index is 2.14. The molecule has 1 aliphatic rings. The molecule has 4 heteroatoms. The molecule has 0 radical (unpaired) electrons. The highest BCUT2D eigenvalue weighted by molar-refractivity contribution is 6.32. The molecule has 3 rings (SSSR count). The molecule has 1 heterocycles. The summed E-state index contributed by atoms with van der Waals surface area (Å²) < 4.78 is 0.212. The number of rotatable bonds is 5. The Kier molecular flexibility index (Phi) is 4.08. The molecule has 2 N–H and O–H groups in total. The molecule has 1 amide bonds. The number of likely N-dealkylation sites (N-methyl/N-ethyl adjacent to an activating group) is 1. The fourth-order valence-corrected chi connectivity index (χ4v) is 2.85. The molecule has 0 spiro atoms. The Hall–Kier alpha value is -2.72. The third-order valence-corrected chi connectivity index (χ3v) is 4.03. The summed E-state index contributed by atoms with van der Waals surface area (Å²) in [6.45, 7) is 2.86. The van der Waals surface area contributed by atoms with Crippen molar-refractivity contribution in [3.8, 4) is 0 Å². The number of hydrogen-bond donors (Lipinski definition) is 1. The van der Waals surface area contributed by atoms with Gasteiger partial charge in [0.2, 0.25) is 0 Å². The van der Waals surface area contributed by atoms with Crippen molar-refractivity contribution in [3.05, 3.63) is 78.0 Å². The molecular weight excluding hydrogens is 286 g/mol. The van der Waals surface area contributed by atoms with E-state index in [1.54, 1.807) is 0 Å². The summed E-state index contributed by atoms with van der Waals surface area (Å²) in [6.07, 6.45) is 2.04. The maximum absolute atomic E-state index is 11.5. The molecule has 2 aromatic carbocycles. The van der Waals surface area contributed by atoms with Gasteiger partial charge in [-0.05, 0) is 12.5 Å². The van der Waals surface area contributed by atoms with Crippen LogP contribution < -0.4 is 5.73 Å². The number of benzene rings is 2. The maximum atomic E-state index is 11.5. The van der Waals surface area contributed by atoms with Crippen molar-refractivity contribution >= 4 is 17.2 Å². The number of amides is 1. The van der Waals surface area contributed by atoms with E-state index in [2.05, 4.69) is 12.1 Å². The van der Waals surface area contributed by atoms with E-state index in [0.717, 1.165) is 22.4 Å². The Bertz CT molecular complexity index is 708. The van der Waals surface area contributed by atoms with Gasteiger partial charge in [0, 0.05) is 5.56 Å². The first-order valence-corrected chi connectivity index (χ1v) is 7.73. The molecule has 2 aromatic rings. The van der Waals surface area contributed by atoms with Gasteiger partial charge in [-0.1, -0.05) is 65.8 Å². The maximum Gasteiger partial charge on any atom is 0.275 e. The first kappa shape index (κ1) is 15.2. The van der Waals surface area contributed by atoms with Crippen LogP contribution in [0.5, 0.6) is 0 Å². The molecule has 1 atom stereocenters. The van der Waals surface area contributed by atoms with E-state index in [1.807, 2.05) is 61.7 Å². The van der Waals surface area contributed by atoms with Gasteiger partial charge in [0.05, 0.1) is 5.57 Å². The number of hydrogen-bond acceptors (Lipinski definition) is 2. The molecule has 23 heavy (non-hydrogen) atoms. The van der Waals surface area contributed by atoms with Gasteiger partial charge < -0.3 is 5.73 Å². The van der Waals surface area contributed by atoms with Gasteiger partial charge in [0.25, 0.3) is 5.91 Å². The first-order valence-electron chi connectivity index (χ1n) is 7.73. The summed E-state index contributed by atoms with van der Waals surface area (Å²) in [6, 6.07) is 20.2. The minimum Gasteiger partial charge on any atom is -0.365 e. The normalized spacial score (nSPS) is 20.0.